The van der Waals surface area contributed by atoms with Gasteiger partial charge in [0.2, 0.25) is 5.91 Å². The number of amides is 1. The van der Waals surface area contributed by atoms with E-state index in [0.29, 0.717) is 12.8 Å². The Balaban J connectivity index is 2.52. The molecule has 0 spiro atoms. The average molecular weight is 291 g/mol. The average Bonchev–Trinajstić information content (AvgIpc) is 2.88. The van der Waals surface area contributed by atoms with E-state index in [1.165, 1.54) is 14.0 Å². The number of carbonyl (C=O) groups excluding carboxylic acids is 1. The Kier molecular flexibility index (Phi) is 5.34. The molecule has 0 saturated heterocycles. The molecule has 1 saturated carbocycles. The Morgan fingerprint density at radius 1 is 1.32 bits per heavy atom. The normalized spacial score (nSPS) is 18.2. The van der Waals surface area contributed by atoms with Crippen molar-refractivity contribution in [2.45, 2.75) is 50.3 Å². The minimum absolute atomic E-state index is 0.146. The second-order valence-electron chi connectivity index (χ2n) is 5.04. The summed E-state index contributed by atoms with van der Waals surface area (Å²) in [6.45, 7) is 1.39. The molecule has 1 aliphatic rings. The van der Waals surface area contributed by atoms with Gasteiger partial charge < -0.3 is 10.0 Å². The van der Waals surface area contributed by atoms with Gasteiger partial charge in [-0.25, -0.2) is 13.2 Å². The number of rotatable bonds is 6. The van der Waals surface area contributed by atoms with Crippen LogP contribution in [0.4, 0.5) is 0 Å². The van der Waals surface area contributed by atoms with E-state index in [1.807, 2.05) is 0 Å². The number of aliphatic carboxylic acids is 1. The van der Waals surface area contributed by atoms with Crippen molar-refractivity contribution < 1.29 is 23.1 Å². The van der Waals surface area contributed by atoms with Gasteiger partial charge in [-0.05, 0) is 19.8 Å². The number of hydrogen-bond acceptors (Lipinski definition) is 4. The third-order valence-electron chi connectivity index (χ3n) is 3.74. The second kappa shape index (κ2) is 6.36. The third kappa shape index (κ3) is 4.19. The maximum Gasteiger partial charge on any atom is 0.326 e. The molecule has 0 aromatic heterocycles. The molecule has 1 fully saturated rings. The number of carboxylic acids is 1. The first-order valence-electron chi connectivity index (χ1n) is 6.45. The lowest BCUT2D eigenvalue weighted by atomic mass is 10.3. The summed E-state index contributed by atoms with van der Waals surface area (Å²) >= 11 is 0. The van der Waals surface area contributed by atoms with Crippen LogP contribution in [-0.4, -0.2) is 54.4 Å². The topological polar surface area (TPSA) is 91.8 Å². The lowest BCUT2D eigenvalue weighted by Crippen LogP contribution is -2.41. The molecule has 19 heavy (non-hydrogen) atoms. The molecule has 0 aliphatic heterocycles. The van der Waals surface area contributed by atoms with Crippen LogP contribution in [0.3, 0.4) is 0 Å². The molecular formula is C12H21NO5S. The molecule has 0 radical (unpaired) electrons. The SMILES string of the molecule is CC(C(=O)O)N(C)C(=O)CCS(=O)(=O)C1CCCC1. The molecule has 0 bridgehead atoms. The fraction of sp³-hybridized carbons (Fsp3) is 0.833. The van der Waals surface area contributed by atoms with Crippen molar-refractivity contribution >= 4 is 21.7 Å². The van der Waals surface area contributed by atoms with Crippen molar-refractivity contribution in [1.82, 2.24) is 4.90 Å². The van der Waals surface area contributed by atoms with E-state index < -0.39 is 27.8 Å². The molecular weight excluding hydrogens is 270 g/mol. The van der Waals surface area contributed by atoms with Crippen LogP contribution < -0.4 is 0 Å². The van der Waals surface area contributed by atoms with E-state index in [1.54, 1.807) is 0 Å². The van der Waals surface area contributed by atoms with Crippen LogP contribution in [0.25, 0.3) is 0 Å². The number of sulfone groups is 1. The minimum Gasteiger partial charge on any atom is -0.480 e. The maximum atomic E-state index is 12.0. The highest BCUT2D eigenvalue weighted by molar-refractivity contribution is 7.92. The number of nitrogens with zero attached hydrogens (tertiary/aromatic N) is 1. The molecule has 0 aromatic carbocycles. The number of hydrogen-bond donors (Lipinski definition) is 1. The van der Waals surface area contributed by atoms with E-state index in [2.05, 4.69) is 0 Å². The van der Waals surface area contributed by atoms with Crippen LogP contribution in [0.15, 0.2) is 0 Å². The second-order valence-corrected chi connectivity index (χ2v) is 7.44. The molecule has 0 heterocycles. The summed E-state index contributed by atoms with van der Waals surface area (Å²) in [5.74, 6) is -1.74. The summed E-state index contributed by atoms with van der Waals surface area (Å²) < 4.78 is 24.0. The van der Waals surface area contributed by atoms with Gasteiger partial charge in [0.25, 0.3) is 0 Å². The van der Waals surface area contributed by atoms with Crippen LogP contribution in [0, 0.1) is 0 Å². The molecule has 1 aliphatic carbocycles. The van der Waals surface area contributed by atoms with Gasteiger partial charge in [-0.3, -0.25) is 4.79 Å². The summed E-state index contributed by atoms with van der Waals surface area (Å²) in [5, 5.41) is 8.47. The Hall–Kier alpha value is -1.11. The van der Waals surface area contributed by atoms with Crippen molar-refractivity contribution in [3.8, 4) is 0 Å². The Bertz CT molecular complexity index is 439. The molecule has 110 valence electrons. The van der Waals surface area contributed by atoms with Crippen molar-refractivity contribution in [2.75, 3.05) is 12.8 Å². The molecule has 6 nitrogen and oxygen atoms in total. The van der Waals surface area contributed by atoms with Crippen LogP contribution in [0.1, 0.15) is 39.0 Å². The van der Waals surface area contributed by atoms with Gasteiger partial charge >= 0.3 is 5.97 Å². The number of likely N-dealkylation sites (N-methyl/N-ethyl adjacent to an activating group) is 1. The molecule has 7 heteroatoms. The Morgan fingerprint density at radius 2 is 1.84 bits per heavy atom. The Labute approximate surface area is 113 Å². The van der Waals surface area contributed by atoms with Crippen molar-refractivity contribution in [1.29, 1.82) is 0 Å². The monoisotopic (exact) mass is 291 g/mol. The van der Waals surface area contributed by atoms with Gasteiger partial charge in [0.05, 0.1) is 11.0 Å². The fourth-order valence-corrected chi connectivity index (χ4v) is 4.05. The maximum absolute atomic E-state index is 12.0. The summed E-state index contributed by atoms with van der Waals surface area (Å²) in [7, 11) is -1.85. The third-order valence-corrected chi connectivity index (χ3v) is 6.00. The standard InChI is InChI=1S/C12H21NO5S/c1-9(12(15)16)13(2)11(14)7-8-19(17,18)10-5-3-4-6-10/h9-10H,3-8H2,1-2H3,(H,15,16). The summed E-state index contributed by atoms with van der Waals surface area (Å²) in [6.07, 6.45) is 3.06. The van der Waals surface area contributed by atoms with Crippen LogP contribution in [-0.2, 0) is 19.4 Å². The zero-order valence-electron chi connectivity index (χ0n) is 11.3. The first-order chi connectivity index (χ1) is 8.75. The fourth-order valence-electron chi connectivity index (χ4n) is 2.20. The van der Waals surface area contributed by atoms with Crippen LogP contribution in [0.2, 0.25) is 0 Å². The molecule has 1 N–H and O–H groups in total. The first kappa shape index (κ1) is 15.9. The molecule has 1 rings (SSSR count). The minimum atomic E-state index is -3.23. The predicted octanol–water partition coefficient (Wildman–Crippen LogP) is 0.665. The lowest BCUT2D eigenvalue weighted by Gasteiger charge is -2.21. The Morgan fingerprint density at radius 3 is 2.32 bits per heavy atom. The molecule has 1 unspecified atom stereocenters. The summed E-state index contributed by atoms with van der Waals surface area (Å²) in [4.78, 5) is 23.6. The molecule has 0 aromatic rings. The van der Waals surface area contributed by atoms with Gasteiger partial charge in [-0.15, -0.1) is 0 Å². The van der Waals surface area contributed by atoms with E-state index >= 15 is 0 Å². The quantitative estimate of drug-likeness (QED) is 0.776. The lowest BCUT2D eigenvalue weighted by molar-refractivity contribution is -0.148. The van der Waals surface area contributed by atoms with Gasteiger partial charge in [0.15, 0.2) is 9.84 Å². The van der Waals surface area contributed by atoms with E-state index in [-0.39, 0.29) is 17.4 Å². The van der Waals surface area contributed by atoms with Gasteiger partial charge in [-0.2, -0.15) is 0 Å². The van der Waals surface area contributed by atoms with Crippen LogP contribution in [0.5, 0.6) is 0 Å². The van der Waals surface area contributed by atoms with Crippen molar-refractivity contribution in [2.24, 2.45) is 0 Å². The van der Waals surface area contributed by atoms with E-state index in [4.69, 9.17) is 5.11 Å². The highest BCUT2D eigenvalue weighted by Gasteiger charge is 2.30. The number of carbonyl (C=O) groups is 2. The van der Waals surface area contributed by atoms with Gasteiger partial charge in [-0.1, -0.05) is 12.8 Å². The smallest absolute Gasteiger partial charge is 0.326 e. The largest absolute Gasteiger partial charge is 0.480 e. The predicted molar refractivity (Wildman–Crippen MR) is 70.5 cm³/mol. The van der Waals surface area contributed by atoms with Gasteiger partial charge in [0, 0.05) is 13.5 Å². The zero-order valence-corrected chi connectivity index (χ0v) is 12.1. The summed E-state index contributed by atoms with van der Waals surface area (Å²) in [5.41, 5.74) is 0. The molecule has 1 amide bonds. The number of carboxylic acid groups (broad SMARTS) is 1. The van der Waals surface area contributed by atoms with E-state index in [9.17, 15) is 18.0 Å². The van der Waals surface area contributed by atoms with Crippen LogP contribution >= 0.6 is 0 Å². The van der Waals surface area contributed by atoms with E-state index in [0.717, 1.165) is 17.7 Å². The highest BCUT2D eigenvalue weighted by atomic mass is 32.2. The zero-order chi connectivity index (χ0) is 14.6. The first-order valence-corrected chi connectivity index (χ1v) is 8.17. The van der Waals surface area contributed by atoms with Crippen molar-refractivity contribution in [3.05, 3.63) is 0 Å². The van der Waals surface area contributed by atoms with Crippen molar-refractivity contribution in [3.63, 3.8) is 0 Å². The van der Waals surface area contributed by atoms with Gasteiger partial charge in [0.1, 0.15) is 6.04 Å². The molecule has 1 atom stereocenters. The highest BCUT2D eigenvalue weighted by Crippen LogP contribution is 2.25. The summed E-state index contributed by atoms with van der Waals surface area (Å²) in [6, 6.07) is -0.943.